The molecular formula is C22H23N3O2S. The van der Waals surface area contributed by atoms with E-state index in [0.717, 1.165) is 58.2 Å². The number of carbonyl (C=O) groups is 1. The van der Waals surface area contributed by atoms with Gasteiger partial charge in [-0.25, -0.2) is 4.98 Å². The molecule has 0 spiro atoms. The topological polar surface area (TPSA) is 54.5 Å². The van der Waals surface area contributed by atoms with Crippen molar-refractivity contribution in [2.75, 3.05) is 37.0 Å². The molecule has 1 aromatic heterocycles. The Kier molecular flexibility index (Phi) is 5.39. The molecule has 3 aromatic rings. The lowest BCUT2D eigenvalue weighted by molar-refractivity contribution is 0.0767. The number of hydrogen-bond donors (Lipinski definition) is 1. The van der Waals surface area contributed by atoms with Crippen molar-refractivity contribution in [1.82, 2.24) is 9.88 Å². The minimum Gasteiger partial charge on any atom is -0.497 e. The molecule has 0 bridgehead atoms. The van der Waals surface area contributed by atoms with Crippen molar-refractivity contribution in [2.24, 2.45) is 0 Å². The fraction of sp³-hybridized carbons (Fsp3) is 0.273. The maximum atomic E-state index is 13.0. The van der Waals surface area contributed by atoms with Crippen molar-refractivity contribution in [3.8, 4) is 5.75 Å². The van der Waals surface area contributed by atoms with E-state index < -0.39 is 0 Å². The Hall–Kier alpha value is -2.73. The first-order chi connectivity index (χ1) is 13.6. The second-order valence-corrected chi connectivity index (χ2v) is 8.06. The van der Waals surface area contributed by atoms with Gasteiger partial charge in [0.15, 0.2) is 0 Å². The minimum atomic E-state index is -0.00327. The van der Waals surface area contributed by atoms with Crippen LogP contribution in [0.1, 0.15) is 16.1 Å². The van der Waals surface area contributed by atoms with Crippen LogP contribution in [0.15, 0.2) is 48.5 Å². The Morgan fingerprint density at radius 2 is 1.96 bits per heavy atom. The third-order valence-electron chi connectivity index (χ3n) is 4.83. The molecule has 0 atom stereocenters. The number of nitrogens with one attached hydrogen (secondary N) is 1. The number of amides is 1. The van der Waals surface area contributed by atoms with Crippen LogP contribution < -0.4 is 10.1 Å². The van der Waals surface area contributed by atoms with Gasteiger partial charge in [0.05, 0.1) is 18.3 Å². The standard InChI is InChI=1S/C22H23N3O2S/c1-15-6-7-19-18(12-15)20(23-16-4-3-5-17(13-16)27-2)14-21(24-19)22(26)25-8-10-28-11-9-25/h3-7,12-14H,8-11H2,1-2H3,(H,23,24). The summed E-state index contributed by atoms with van der Waals surface area (Å²) in [6.45, 7) is 3.60. The molecule has 2 heterocycles. The Morgan fingerprint density at radius 1 is 1.14 bits per heavy atom. The molecule has 1 amide bonds. The number of rotatable bonds is 4. The lowest BCUT2D eigenvalue weighted by atomic mass is 10.1. The highest BCUT2D eigenvalue weighted by Crippen LogP contribution is 2.29. The SMILES string of the molecule is COc1cccc(Nc2cc(C(=O)N3CCSCC3)nc3ccc(C)cc23)c1. The number of ether oxygens (including phenoxy) is 1. The van der Waals surface area contributed by atoms with E-state index in [1.807, 2.05) is 59.1 Å². The van der Waals surface area contributed by atoms with Gasteiger partial charge in [-0.2, -0.15) is 11.8 Å². The van der Waals surface area contributed by atoms with E-state index in [2.05, 4.69) is 23.3 Å². The Bertz CT molecular complexity index is 1020. The summed E-state index contributed by atoms with van der Waals surface area (Å²) in [6, 6.07) is 15.7. The second kappa shape index (κ2) is 8.10. The van der Waals surface area contributed by atoms with Gasteiger partial charge < -0.3 is 15.0 Å². The van der Waals surface area contributed by atoms with Gasteiger partial charge in [-0.1, -0.05) is 17.7 Å². The molecule has 4 rings (SSSR count). The largest absolute Gasteiger partial charge is 0.497 e. The Labute approximate surface area is 169 Å². The van der Waals surface area contributed by atoms with Crippen molar-refractivity contribution in [1.29, 1.82) is 0 Å². The minimum absolute atomic E-state index is 0.00327. The highest BCUT2D eigenvalue weighted by molar-refractivity contribution is 7.99. The molecule has 144 valence electrons. The zero-order valence-electron chi connectivity index (χ0n) is 16.1. The fourth-order valence-electron chi connectivity index (χ4n) is 3.34. The second-order valence-electron chi connectivity index (χ2n) is 6.84. The van der Waals surface area contributed by atoms with Crippen LogP contribution in [0.5, 0.6) is 5.75 Å². The Morgan fingerprint density at radius 3 is 2.75 bits per heavy atom. The zero-order valence-corrected chi connectivity index (χ0v) is 16.9. The van der Waals surface area contributed by atoms with Gasteiger partial charge in [0.2, 0.25) is 0 Å². The summed E-state index contributed by atoms with van der Waals surface area (Å²) in [5.41, 5.74) is 4.22. The molecule has 1 aliphatic heterocycles. The first-order valence-corrected chi connectivity index (χ1v) is 10.5. The number of thioether (sulfide) groups is 1. The van der Waals surface area contributed by atoms with Crippen molar-refractivity contribution >= 4 is 39.9 Å². The summed E-state index contributed by atoms with van der Waals surface area (Å²) in [7, 11) is 1.65. The molecule has 6 heteroatoms. The van der Waals surface area contributed by atoms with Crippen LogP contribution in [0.4, 0.5) is 11.4 Å². The molecule has 0 unspecified atom stereocenters. The molecule has 1 saturated heterocycles. The van der Waals surface area contributed by atoms with Crippen LogP contribution >= 0.6 is 11.8 Å². The number of carbonyl (C=O) groups excluding carboxylic acids is 1. The number of aromatic nitrogens is 1. The molecule has 1 N–H and O–H groups in total. The van der Waals surface area contributed by atoms with Crippen LogP contribution in [0.2, 0.25) is 0 Å². The summed E-state index contributed by atoms with van der Waals surface area (Å²) >= 11 is 1.89. The van der Waals surface area contributed by atoms with Gasteiger partial charge >= 0.3 is 0 Å². The van der Waals surface area contributed by atoms with Crippen molar-refractivity contribution in [3.05, 3.63) is 59.8 Å². The maximum Gasteiger partial charge on any atom is 0.272 e. The number of nitrogens with zero attached hydrogens (tertiary/aromatic N) is 2. The summed E-state index contributed by atoms with van der Waals surface area (Å²) in [5, 5.41) is 4.45. The fourth-order valence-corrected chi connectivity index (χ4v) is 4.24. The van der Waals surface area contributed by atoms with Crippen LogP contribution in [-0.4, -0.2) is 47.5 Å². The van der Waals surface area contributed by atoms with Gasteiger partial charge in [-0.05, 0) is 37.3 Å². The van der Waals surface area contributed by atoms with Gasteiger partial charge in [0.1, 0.15) is 11.4 Å². The predicted octanol–water partition coefficient (Wildman–Crippen LogP) is 4.48. The average Bonchev–Trinajstić information content (AvgIpc) is 2.74. The summed E-state index contributed by atoms with van der Waals surface area (Å²) in [5.74, 6) is 2.74. The highest BCUT2D eigenvalue weighted by Gasteiger charge is 2.21. The van der Waals surface area contributed by atoms with Crippen molar-refractivity contribution < 1.29 is 9.53 Å². The number of methoxy groups -OCH3 is 1. The third kappa shape index (κ3) is 3.92. The van der Waals surface area contributed by atoms with E-state index in [9.17, 15) is 4.79 Å². The van der Waals surface area contributed by atoms with Gasteiger partial charge in [0, 0.05) is 41.7 Å². The first kappa shape index (κ1) is 18.6. The zero-order chi connectivity index (χ0) is 19.5. The highest BCUT2D eigenvalue weighted by atomic mass is 32.2. The number of fused-ring (bicyclic) bond motifs is 1. The normalized spacial score (nSPS) is 14.1. The summed E-state index contributed by atoms with van der Waals surface area (Å²) in [4.78, 5) is 19.6. The molecule has 0 radical (unpaired) electrons. The average molecular weight is 394 g/mol. The number of aryl methyl sites for hydroxylation is 1. The van der Waals surface area contributed by atoms with E-state index >= 15 is 0 Å². The number of anilines is 2. The van der Waals surface area contributed by atoms with Gasteiger partial charge in [0.25, 0.3) is 5.91 Å². The van der Waals surface area contributed by atoms with E-state index in [1.54, 1.807) is 7.11 Å². The van der Waals surface area contributed by atoms with Crippen LogP contribution in [0.25, 0.3) is 10.9 Å². The summed E-state index contributed by atoms with van der Waals surface area (Å²) < 4.78 is 5.33. The van der Waals surface area contributed by atoms with E-state index in [1.165, 1.54) is 0 Å². The van der Waals surface area contributed by atoms with E-state index in [-0.39, 0.29) is 5.91 Å². The number of hydrogen-bond acceptors (Lipinski definition) is 5. The molecule has 0 aliphatic carbocycles. The molecule has 1 aliphatic rings. The quantitative estimate of drug-likeness (QED) is 0.708. The van der Waals surface area contributed by atoms with Gasteiger partial charge in [-0.15, -0.1) is 0 Å². The van der Waals surface area contributed by atoms with Crippen LogP contribution in [0, 0.1) is 6.92 Å². The smallest absolute Gasteiger partial charge is 0.272 e. The van der Waals surface area contributed by atoms with Crippen molar-refractivity contribution in [2.45, 2.75) is 6.92 Å². The molecule has 2 aromatic carbocycles. The Balaban J connectivity index is 1.76. The lowest BCUT2D eigenvalue weighted by Crippen LogP contribution is -2.38. The molecule has 5 nitrogen and oxygen atoms in total. The molecular weight excluding hydrogens is 370 g/mol. The van der Waals surface area contributed by atoms with Crippen LogP contribution in [0.3, 0.4) is 0 Å². The molecule has 28 heavy (non-hydrogen) atoms. The van der Waals surface area contributed by atoms with Crippen LogP contribution in [-0.2, 0) is 0 Å². The predicted molar refractivity (Wildman–Crippen MR) is 116 cm³/mol. The number of benzene rings is 2. The monoisotopic (exact) mass is 393 g/mol. The first-order valence-electron chi connectivity index (χ1n) is 9.33. The molecule has 0 saturated carbocycles. The van der Waals surface area contributed by atoms with E-state index in [4.69, 9.17) is 4.74 Å². The third-order valence-corrected chi connectivity index (χ3v) is 5.77. The summed E-state index contributed by atoms with van der Waals surface area (Å²) in [6.07, 6.45) is 0. The van der Waals surface area contributed by atoms with Gasteiger partial charge in [-0.3, -0.25) is 4.79 Å². The maximum absolute atomic E-state index is 13.0. The molecule has 1 fully saturated rings. The number of pyridine rings is 1. The lowest BCUT2D eigenvalue weighted by Gasteiger charge is -2.26. The van der Waals surface area contributed by atoms with E-state index in [0.29, 0.717) is 5.69 Å². The van der Waals surface area contributed by atoms with Crippen molar-refractivity contribution in [3.63, 3.8) is 0 Å².